The molecule has 0 atom stereocenters. The molecule has 2 N–H and O–H groups in total. The summed E-state index contributed by atoms with van der Waals surface area (Å²) >= 11 is 0. The molecule has 1 aromatic rings. The van der Waals surface area contributed by atoms with Gasteiger partial charge in [0.05, 0.1) is 0 Å². The Morgan fingerprint density at radius 3 is 2.86 bits per heavy atom. The van der Waals surface area contributed by atoms with Gasteiger partial charge in [0.15, 0.2) is 0 Å². The van der Waals surface area contributed by atoms with Crippen LogP contribution in [0.15, 0.2) is 18.3 Å². The van der Waals surface area contributed by atoms with Crippen molar-refractivity contribution < 1.29 is 0 Å². The number of anilines is 1. The predicted octanol–water partition coefficient (Wildman–Crippen LogP) is 2.68. The molecule has 14 heavy (non-hydrogen) atoms. The average molecular weight is 191 g/mol. The van der Waals surface area contributed by atoms with Crippen molar-refractivity contribution >= 4 is 11.5 Å². The van der Waals surface area contributed by atoms with E-state index in [2.05, 4.69) is 24.1 Å². The van der Waals surface area contributed by atoms with Gasteiger partial charge in [-0.25, -0.2) is 4.98 Å². The SMILES string of the molecule is CCC(=N)c1cccnc1NC(C)C. The second-order valence-corrected chi connectivity index (χ2v) is 3.53. The molecule has 0 amide bonds. The molecule has 3 heteroatoms. The zero-order valence-electron chi connectivity index (χ0n) is 8.96. The first-order valence-corrected chi connectivity index (χ1v) is 4.94. The minimum Gasteiger partial charge on any atom is -0.367 e. The molecule has 0 aliphatic carbocycles. The molecule has 1 heterocycles. The summed E-state index contributed by atoms with van der Waals surface area (Å²) in [6, 6.07) is 4.14. The Morgan fingerprint density at radius 2 is 2.29 bits per heavy atom. The molecule has 1 aromatic heterocycles. The molecule has 0 aromatic carbocycles. The normalized spacial score (nSPS) is 10.3. The molecule has 3 nitrogen and oxygen atoms in total. The summed E-state index contributed by atoms with van der Waals surface area (Å²) in [6.07, 6.45) is 2.48. The highest BCUT2D eigenvalue weighted by Gasteiger charge is 2.07. The molecular weight excluding hydrogens is 174 g/mol. The van der Waals surface area contributed by atoms with Crippen LogP contribution in [0.4, 0.5) is 5.82 Å². The van der Waals surface area contributed by atoms with Gasteiger partial charge in [-0.1, -0.05) is 6.92 Å². The molecule has 0 saturated carbocycles. The zero-order valence-corrected chi connectivity index (χ0v) is 8.96. The fourth-order valence-corrected chi connectivity index (χ4v) is 1.23. The summed E-state index contributed by atoms with van der Waals surface area (Å²) in [7, 11) is 0. The molecule has 0 bridgehead atoms. The fraction of sp³-hybridized carbons (Fsp3) is 0.455. The van der Waals surface area contributed by atoms with Gasteiger partial charge in [0.25, 0.3) is 0 Å². The monoisotopic (exact) mass is 191 g/mol. The number of rotatable bonds is 4. The Balaban J connectivity index is 2.97. The standard InChI is InChI=1S/C11H17N3/c1-4-10(12)9-6-5-7-13-11(9)14-8(2)3/h5-8,12H,4H2,1-3H3,(H,13,14). The predicted molar refractivity (Wildman–Crippen MR) is 60.1 cm³/mol. The average Bonchev–Trinajstić information content (AvgIpc) is 2.16. The van der Waals surface area contributed by atoms with E-state index in [9.17, 15) is 0 Å². The minimum atomic E-state index is 0.341. The lowest BCUT2D eigenvalue weighted by molar-refractivity contribution is 0.888. The van der Waals surface area contributed by atoms with Crippen molar-refractivity contribution in [2.24, 2.45) is 0 Å². The second-order valence-electron chi connectivity index (χ2n) is 3.53. The summed E-state index contributed by atoms with van der Waals surface area (Å²) in [4.78, 5) is 4.24. The molecule has 1 rings (SSSR count). The van der Waals surface area contributed by atoms with Gasteiger partial charge in [-0.3, -0.25) is 0 Å². The Hall–Kier alpha value is -1.38. The molecule has 0 spiro atoms. The topological polar surface area (TPSA) is 48.8 Å². The molecule has 0 fully saturated rings. The van der Waals surface area contributed by atoms with Crippen LogP contribution in [-0.4, -0.2) is 16.7 Å². The summed E-state index contributed by atoms with van der Waals surface area (Å²) in [5, 5.41) is 11.0. The van der Waals surface area contributed by atoms with Crippen LogP contribution in [0, 0.1) is 5.41 Å². The first-order valence-electron chi connectivity index (χ1n) is 4.94. The first kappa shape index (κ1) is 10.7. The van der Waals surface area contributed by atoms with Crippen LogP contribution in [-0.2, 0) is 0 Å². The van der Waals surface area contributed by atoms with Crippen molar-refractivity contribution in [3.63, 3.8) is 0 Å². The lowest BCUT2D eigenvalue weighted by Gasteiger charge is -2.13. The van der Waals surface area contributed by atoms with Gasteiger partial charge in [0.2, 0.25) is 0 Å². The van der Waals surface area contributed by atoms with E-state index in [1.165, 1.54) is 0 Å². The molecule has 76 valence electrons. The second kappa shape index (κ2) is 4.74. The van der Waals surface area contributed by atoms with E-state index in [1.807, 2.05) is 19.1 Å². The van der Waals surface area contributed by atoms with E-state index in [1.54, 1.807) is 6.20 Å². The van der Waals surface area contributed by atoms with E-state index in [0.717, 1.165) is 17.8 Å². The van der Waals surface area contributed by atoms with Crippen LogP contribution in [0.25, 0.3) is 0 Å². The smallest absolute Gasteiger partial charge is 0.135 e. The Morgan fingerprint density at radius 1 is 1.57 bits per heavy atom. The van der Waals surface area contributed by atoms with Gasteiger partial charge >= 0.3 is 0 Å². The number of nitrogens with zero attached hydrogens (tertiary/aromatic N) is 1. The maximum Gasteiger partial charge on any atom is 0.135 e. The van der Waals surface area contributed by atoms with Crippen molar-refractivity contribution in [3.8, 4) is 0 Å². The molecular formula is C11H17N3. The molecule has 0 unspecified atom stereocenters. The van der Waals surface area contributed by atoms with Crippen molar-refractivity contribution in [1.82, 2.24) is 4.98 Å². The van der Waals surface area contributed by atoms with E-state index in [0.29, 0.717) is 11.8 Å². The highest BCUT2D eigenvalue weighted by Crippen LogP contribution is 2.14. The lowest BCUT2D eigenvalue weighted by Crippen LogP contribution is -2.14. The van der Waals surface area contributed by atoms with Crippen molar-refractivity contribution in [1.29, 1.82) is 5.41 Å². The minimum absolute atomic E-state index is 0.341. The highest BCUT2D eigenvalue weighted by atomic mass is 15.0. The summed E-state index contributed by atoms with van der Waals surface area (Å²) < 4.78 is 0. The van der Waals surface area contributed by atoms with Crippen LogP contribution in [0.2, 0.25) is 0 Å². The zero-order chi connectivity index (χ0) is 10.6. The number of nitrogens with one attached hydrogen (secondary N) is 2. The molecule has 0 saturated heterocycles. The van der Waals surface area contributed by atoms with Crippen molar-refractivity contribution in [2.75, 3.05) is 5.32 Å². The van der Waals surface area contributed by atoms with Gasteiger partial charge in [-0.2, -0.15) is 0 Å². The number of hydrogen-bond acceptors (Lipinski definition) is 3. The van der Waals surface area contributed by atoms with Crippen LogP contribution < -0.4 is 5.32 Å². The maximum atomic E-state index is 7.78. The molecule has 0 aliphatic heterocycles. The largest absolute Gasteiger partial charge is 0.367 e. The van der Waals surface area contributed by atoms with E-state index in [4.69, 9.17) is 5.41 Å². The quantitative estimate of drug-likeness (QED) is 0.719. The van der Waals surface area contributed by atoms with Crippen LogP contribution in [0.1, 0.15) is 32.8 Å². The molecule has 0 aliphatic rings. The highest BCUT2D eigenvalue weighted by molar-refractivity contribution is 6.02. The first-order chi connectivity index (χ1) is 6.65. The summed E-state index contributed by atoms with van der Waals surface area (Å²) in [5.74, 6) is 0.814. The van der Waals surface area contributed by atoms with Crippen molar-refractivity contribution in [2.45, 2.75) is 33.2 Å². The van der Waals surface area contributed by atoms with Crippen molar-refractivity contribution in [3.05, 3.63) is 23.9 Å². The summed E-state index contributed by atoms with van der Waals surface area (Å²) in [5.41, 5.74) is 1.53. The van der Waals surface area contributed by atoms with E-state index < -0.39 is 0 Å². The fourth-order valence-electron chi connectivity index (χ4n) is 1.23. The number of aromatic nitrogens is 1. The van der Waals surface area contributed by atoms with Gasteiger partial charge in [-0.15, -0.1) is 0 Å². The number of hydrogen-bond donors (Lipinski definition) is 2. The van der Waals surface area contributed by atoms with Crippen LogP contribution >= 0.6 is 0 Å². The Bertz CT molecular complexity index is 318. The Kier molecular flexibility index (Phi) is 3.63. The van der Waals surface area contributed by atoms with E-state index in [-0.39, 0.29) is 0 Å². The Labute approximate surface area is 85.1 Å². The lowest BCUT2D eigenvalue weighted by atomic mass is 10.1. The van der Waals surface area contributed by atoms with Gasteiger partial charge in [-0.05, 0) is 32.4 Å². The van der Waals surface area contributed by atoms with Gasteiger partial charge < -0.3 is 10.7 Å². The van der Waals surface area contributed by atoms with E-state index >= 15 is 0 Å². The molecule has 0 radical (unpaired) electrons. The maximum absolute atomic E-state index is 7.78. The van der Waals surface area contributed by atoms with Crippen LogP contribution in [0.5, 0.6) is 0 Å². The third kappa shape index (κ3) is 2.55. The number of pyridine rings is 1. The van der Waals surface area contributed by atoms with Crippen LogP contribution in [0.3, 0.4) is 0 Å². The van der Waals surface area contributed by atoms with Gasteiger partial charge in [0, 0.05) is 23.5 Å². The van der Waals surface area contributed by atoms with Gasteiger partial charge in [0.1, 0.15) is 5.82 Å². The summed E-state index contributed by atoms with van der Waals surface area (Å²) in [6.45, 7) is 6.11. The third-order valence-electron chi connectivity index (χ3n) is 1.91. The third-order valence-corrected chi connectivity index (χ3v) is 1.91.